The van der Waals surface area contributed by atoms with Gasteiger partial charge in [0.15, 0.2) is 0 Å². The molecule has 1 heterocycles. The Bertz CT molecular complexity index is 666. The quantitative estimate of drug-likeness (QED) is 0.827. The highest BCUT2D eigenvalue weighted by molar-refractivity contribution is 9.11. The molecule has 6 heteroatoms. The van der Waals surface area contributed by atoms with Crippen LogP contribution in [-0.4, -0.2) is 28.9 Å². The molecular formula is C16H16BrNO3S. The number of aryl methyl sites for hydroxylation is 1. The second kappa shape index (κ2) is 7.56. The fourth-order valence-electron chi connectivity index (χ4n) is 2.01. The highest BCUT2D eigenvalue weighted by Crippen LogP contribution is 2.23. The van der Waals surface area contributed by atoms with Crippen molar-refractivity contribution in [1.82, 2.24) is 4.90 Å². The van der Waals surface area contributed by atoms with Gasteiger partial charge in [0.1, 0.15) is 0 Å². The molecular weight excluding hydrogens is 366 g/mol. The molecule has 0 radical (unpaired) electrons. The summed E-state index contributed by atoms with van der Waals surface area (Å²) >= 11 is 5.03. The second-order valence-electron chi connectivity index (χ2n) is 4.96. The summed E-state index contributed by atoms with van der Waals surface area (Å²) in [5.74, 6) is -0.865. The lowest BCUT2D eigenvalue weighted by molar-refractivity contribution is -0.130. The smallest absolute Gasteiger partial charge is 0.335 e. The first-order chi connectivity index (χ1) is 10.5. The van der Waals surface area contributed by atoms with Gasteiger partial charge in [-0.15, -0.1) is 11.3 Å². The molecule has 0 aliphatic heterocycles. The first-order valence-corrected chi connectivity index (χ1v) is 8.37. The van der Waals surface area contributed by atoms with Gasteiger partial charge in [-0.3, -0.25) is 4.79 Å². The van der Waals surface area contributed by atoms with Crippen LogP contribution in [0.3, 0.4) is 0 Å². The molecule has 22 heavy (non-hydrogen) atoms. The molecule has 2 rings (SSSR count). The van der Waals surface area contributed by atoms with Crippen molar-refractivity contribution in [2.45, 2.75) is 19.4 Å². The number of nitrogens with zero attached hydrogens (tertiary/aromatic N) is 1. The number of aromatic carboxylic acids is 1. The average molecular weight is 382 g/mol. The van der Waals surface area contributed by atoms with Crippen LogP contribution in [-0.2, 0) is 17.8 Å². The van der Waals surface area contributed by atoms with E-state index in [1.54, 1.807) is 47.5 Å². The molecule has 1 amide bonds. The SMILES string of the molecule is CN(Cc1ccc(Br)s1)C(=O)CCc1ccc(C(=O)O)cc1. The fourth-order valence-corrected chi connectivity index (χ4v) is 3.55. The van der Waals surface area contributed by atoms with Crippen LogP contribution in [0.1, 0.15) is 27.2 Å². The number of thiophene rings is 1. The van der Waals surface area contributed by atoms with Gasteiger partial charge >= 0.3 is 5.97 Å². The molecule has 0 fully saturated rings. The minimum atomic E-state index is -0.940. The summed E-state index contributed by atoms with van der Waals surface area (Å²) < 4.78 is 1.06. The van der Waals surface area contributed by atoms with E-state index in [1.165, 1.54) is 0 Å². The maximum absolute atomic E-state index is 12.1. The number of hydrogen-bond donors (Lipinski definition) is 1. The number of hydrogen-bond acceptors (Lipinski definition) is 3. The lowest BCUT2D eigenvalue weighted by atomic mass is 10.1. The summed E-state index contributed by atoms with van der Waals surface area (Å²) in [6, 6.07) is 10.6. The van der Waals surface area contributed by atoms with E-state index in [0.29, 0.717) is 19.4 Å². The van der Waals surface area contributed by atoms with E-state index in [1.807, 2.05) is 12.1 Å². The van der Waals surface area contributed by atoms with Gasteiger partial charge in [0.2, 0.25) is 5.91 Å². The summed E-state index contributed by atoms with van der Waals surface area (Å²) in [4.78, 5) is 25.8. The Kier molecular flexibility index (Phi) is 5.74. The topological polar surface area (TPSA) is 57.6 Å². The number of carboxylic acid groups (broad SMARTS) is 1. The zero-order valence-corrected chi connectivity index (χ0v) is 14.5. The van der Waals surface area contributed by atoms with Gasteiger partial charge in [0, 0.05) is 18.3 Å². The first-order valence-electron chi connectivity index (χ1n) is 6.76. The highest BCUT2D eigenvalue weighted by atomic mass is 79.9. The Morgan fingerprint density at radius 3 is 2.41 bits per heavy atom. The van der Waals surface area contributed by atoms with Crippen molar-refractivity contribution in [2.75, 3.05) is 7.05 Å². The number of rotatable bonds is 6. The van der Waals surface area contributed by atoms with E-state index in [2.05, 4.69) is 15.9 Å². The predicted octanol–water partition coefficient (Wildman–Crippen LogP) is 3.80. The number of amides is 1. The van der Waals surface area contributed by atoms with Crippen LogP contribution in [0.25, 0.3) is 0 Å². The van der Waals surface area contributed by atoms with E-state index >= 15 is 0 Å². The van der Waals surface area contributed by atoms with Crippen LogP contribution in [0.5, 0.6) is 0 Å². The Morgan fingerprint density at radius 1 is 1.18 bits per heavy atom. The van der Waals surface area contributed by atoms with Crippen molar-refractivity contribution in [1.29, 1.82) is 0 Å². The van der Waals surface area contributed by atoms with Crippen LogP contribution in [0, 0.1) is 0 Å². The van der Waals surface area contributed by atoms with E-state index < -0.39 is 5.97 Å². The van der Waals surface area contributed by atoms with Crippen molar-refractivity contribution >= 4 is 39.1 Å². The third-order valence-electron chi connectivity index (χ3n) is 3.28. The van der Waals surface area contributed by atoms with Gasteiger partial charge in [-0.1, -0.05) is 12.1 Å². The molecule has 1 N–H and O–H groups in total. The number of benzene rings is 1. The maximum Gasteiger partial charge on any atom is 0.335 e. The van der Waals surface area contributed by atoms with E-state index in [0.717, 1.165) is 14.2 Å². The summed E-state index contributed by atoms with van der Waals surface area (Å²) in [6.45, 7) is 0.604. The minimum absolute atomic E-state index is 0.0758. The molecule has 2 aromatic rings. The van der Waals surface area contributed by atoms with Crippen molar-refractivity contribution in [3.05, 3.63) is 56.2 Å². The Labute approximate surface area is 141 Å². The Balaban J connectivity index is 1.85. The first kappa shape index (κ1) is 16.7. The molecule has 0 saturated heterocycles. The van der Waals surface area contributed by atoms with Crippen LogP contribution >= 0.6 is 27.3 Å². The van der Waals surface area contributed by atoms with Crippen molar-refractivity contribution in [2.24, 2.45) is 0 Å². The maximum atomic E-state index is 12.1. The molecule has 116 valence electrons. The Hall–Kier alpha value is -1.66. The van der Waals surface area contributed by atoms with Crippen LogP contribution in [0.2, 0.25) is 0 Å². The Morgan fingerprint density at radius 2 is 1.86 bits per heavy atom. The molecule has 4 nitrogen and oxygen atoms in total. The molecule has 0 aliphatic rings. The highest BCUT2D eigenvalue weighted by Gasteiger charge is 2.11. The van der Waals surface area contributed by atoms with Crippen molar-refractivity contribution in [3.8, 4) is 0 Å². The number of carboxylic acids is 1. The van der Waals surface area contributed by atoms with Crippen molar-refractivity contribution < 1.29 is 14.7 Å². The summed E-state index contributed by atoms with van der Waals surface area (Å²) in [5, 5.41) is 8.85. The zero-order chi connectivity index (χ0) is 16.1. The van der Waals surface area contributed by atoms with Gasteiger partial charge in [0.05, 0.1) is 15.9 Å². The summed E-state index contributed by atoms with van der Waals surface area (Å²) in [6.07, 6.45) is 1.02. The van der Waals surface area contributed by atoms with Gasteiger partial charge in [-0.05, 0) is 52.2 Å². The van der Waals surface area contributed by atoms with Crippen LogP contribution in [0.15, 0.2) is 40.2 Å². The van der Waals surface area contributed by atoms with Gasteiger partial charge in [-0.2, -0.15) is 0 Å². The van der Waals surface area contributed by atoms with Gasteiger partial charge < -0.3 is 10.0 Å². The van der Waals surface area contributed by atoms with E-state index in [-0.39, 0.29) is 11.5 Å². The van der Waals surface area contributed by atoms with Crippen molar-refractivity contribution in [3.63, 3.8) is 0 Å². The van der Waals surface area contributed by atoms with Crippen LogP contribution < -0.4 is 0 Å². The standard InChI is InChI=1S/C16H16BrNO3S/c1-18(10-13-7-8-14(17)22-13)15(19)9-4-11-2-5-12(6-3-11)16(20)21/h2-3,5-8H,4,9-10H2,1H3,(H,20,21). The molecule has 0 aliphatic carbocycles. The van der Waals surface area contributed by atoms with E-state index in [9.17, 15) is 9.59 Å². The molecule has 0 atom stereocenters. The normalized spacial score (nSPS) is 10.5. The summed E-state index contributed by atoms with van der Waals surface area (Å²) in [7, 11) is 1.80. The third-order valence-corrected chi connectivity index (χ3v) is 4.88. The molecule has 1 aromatic carbocycles. The molecule has 0 saturated carbocycles. The second-order valence-corrected chi connectivity index (χ2v) is 7.51. The van der Waals surface area contributed by atoms with Gasteiger partial charge in [-0.25, -0.2) is 4.79 Å². The monoisotopic (exact) mass is 381 g/mol. The lowest BCUT2D eigenvalue weighted by Crippen LogP contribution is -2.25. The average Bonchev–Trinajstić information content (AvgIpc) is 2.90. The fraction of sp³-hybridized carbons (Fsp3) is 0.250. The minimum Gasteiger partial charge on any atom is -0.478 e. The number of halogens is 1. The lowest BCUT2D eigenvalue weighted by Gasteiger charge is -2.16. The molecule has 0 bridgehead atoms. The largest absolute Gasteiger partial charge is 0.478 e. The molecule has 0 unspecified atom stereocenters. The zero-order valence-electron chi connectivity index (χ0n) is 12.1. The van der Waals surface area contributed by atoms with Crippen LogP contribution in [0.4, 0.5) is 0 Å². The molecule has 0 spiro atoms. The van der Waals surface area contributed by atoms with Gasteiger partial charge in [0.25, 0.3) is 0 Å². The summed E-state index contributed by atoms with van der Waals surface area (Å²) in [5.41, 5.74) is 1.22. The predicted molar refractivity (Wildman–Crippen MR) is 90.2 cm³/mol. The number of carbonyl (C=O) groups excluding carboxylic acids is 1. The molecule has 1 aromatic heterocycles. The van der Waals surface area contributed by atoms with E-state index in [4.69, 9.17) is 5.11 Å². The third kappa shape index (κ3) is 4.68. The number of carbonyl (C=O) groups is 2.